The van der Waals surface area contributed by atoms with E-state index in [2.05, 4.69) is 5.32 Å². The molecule has 6 nitrogen and oxygen atoms in total. The lowest BCUT2D eigenvalue weighted by atomic mass is 9.85. The van der Waals surface area contributed by atoms with E-state index in [4.69, 9.17) is 4.74 Å². The van der Waals surface area contributed by atoms with Crippen molar-refractivity contribution in [1.82, 2.24) is 10.2 Å². The first-order valence-corrected chi connectivity index (χ1v) is 9.75. The summed E-state index contributed by atoms with van der Waals surface area (Å²) < 4.78 is 20.1. The number of likely N-dealkylation sites (tertiary alicyclic amines) is 1. The lowest BCUT2D eigenvalue weighted by Crippen LogP contribution is -2.41. The Balaban J connectivity index is 1.63. The van der Waals surface area contributed by atoms with E-state index in [1.165, 1.54) is 6.07 Å². The average Bonchev–Trinajstić information content (AvgIpc) is 2.61. The number of carbonyl (C=O) groups excluding carboxylic acids is 3. The van der Waals surface area contributed by atoms with Gasteiger partial charge >= 0.3 is 6.09 Å². The highest BCUT2D eigenvalue weighted by atomic mass is 19.1. The molecular weight excluding hydrogens is 363 g/mol. The van der Waals surface area contributed by atoms with Gasteiger partial charge in [-0.2, -0.15) is 0 Å². The van der Waals surface area contributed by atoms with Gasteiger partial charge in [0, 0.05) is 25.1 Å². The van der Waals surface area contributed by atoms with Gasteiger partial charge in [-0.15, -0.1) is 0 Å². The first-order valence-electron chi connectivity index (χ1n) is 9.75. The second kappa shape index (κ2) is 7.89. The van der Waals surface area contributed by atoms with Gasteiger partial charge in [-0.25, -0.2) is 9.18 Å². The van der Waals surface area contributed by atoms with Crippen LogP contribution in [0.25, 0.3) is 0 Å². The third kappa shape index (κ3) is 4.69. The maximum atomic E-state index is 14.7. The summed E-state index contributed by atoms with van der Waals surface area (Å²) in [7, 11) is 0. The summed E-state index contributed by atoms with van der Waals surface area (Å²) in [6.07, 6.45) is 1.70. The molecule has 7 heteroatoms. The van der Waals surface area contributed by atoms with Gasteiger partial charge in [-0.1, -0.05) is 12.1 Å². The van der Waals surface area contributed by atoms with E-state index in [1.54, 1.807) is 11.0 Å². The molecule has 2 aliphatic heterocycles. The first kappa shape index (κ1) is 20.3. The molecule has 2 aliphatic rings. The van der Waals surface area contributed by atoms with E-state index in [9.17, 15) is 18.8 Å². The monoisotopic (exact) mass is 390 g/mol. The van der Waals surface area contributed by atoms with Crippen molar-refractivity contribution in [2.24, 2.45) is 0 Å². The third-order valence-electron chi connectivity index (χ3n) is 5.26. The molecule has 1 unspecified atom stereocenters. The SMILES string of the molecule is CC(C)(C)OC(=O)N1CCC(c2ccc(C3CCC(=O)NC3=O)c(F)c2)CC1. The second-order valence-electron chi connectivity index (χ2n) is 8.53. The molecule has 0 spiro atoms. The van der Waals surface area contributed by atoms with E-state index in [0.29, 0.717) is 25.1 Å². The summed E-state index contributed by atoms with van der Waals surface area (Å²) in [5, 5.41) is 2.27. The van der Waals surface area contributed by atoms with Gasteiger partial charge in [0.2, 0.25) is 11.8 Å². The van der Waals surface area contributed by atoms with Gasteiger partial charge in [0.25, 0.3) is 0 Å². The molecule has 1 atom stereocenters. The standard InChI is InChI=1S/C21H27FN2O4/c1-21(2,3)28-20(27)24-10-8-13(9-11-24)14-4-5-15(17(22)12-14)16-6-7-18(25)23-19(16)26/h4-5,12-13,16H,6-11H2,1-3H3,(H,23,25,26). The molecule has 1 N–H and O–H groups in total. The number of imide groups is 1. The predicted octanol–water partition coefficient (Wildman–Crippen LogP) is 3.46. The van der Waals surface area contributed by atoms with Crippen LogP contribution in [0.3, 0.4) is 0 Å². The Morgan fingerprint density at radius 2 is 1.86 bits per heavy atom. The number of hydrogen-bond acceptors (Lipinski definition) is 4. The van der Waals surface area contributed by atoms with Crippen LogP contribution < -0.4 is 5.32 Å². The smallest absolute Gasteiger partial charge is 0.410 e. The van der Waals surface area contributed by atoms with Crippen LogP contribution in [-0.4, -0.2) is 41.5 Å². The lowest BCUT2D eigenvalue weighted by Gasteiger charge is -2.33. The van der Waals surface area contributed by atoms with Gasteiger partial charge in [0.15, 0.2) is 0 Å². The van der Waals surface area contributed by atoms with Crippen molar-refractivity contribution in [3.05, 3.63) is 35.1 Å². The second-order valence-corrected chi connectivity index (χ2v) is 8.53. The fraction of sp³-hybridized carbons (Fsp3) is 0.571. The molecule has 28 heavy (non-hydrogen) atoms. The maximum absolute atomic E-state index is 14.7. The van der Waals surface area contributed by atoms with E-state index in [-0.39, 0.29) is 24.3 Å². The number of ether oxygens (including phenoxy) is 1. The van der Waals surface area contributed by atoms with E-state index >= 15 is 0 Å². The van der Waals surface area contributed by atoms with Gasteiger partial charge in [0.05, 0.1) is 5.92 Å². The molecule has 3 amide bonds. The van der Waals surface area contributed by atoms with E-state index < -0.39 is 23.2 Å². The number of carbonyl (C=O) groups is 3. The Labute approximate surface area is 164 Å². The van der Waals surface area contributed by atoms with Gasteiger partial charge in [0.1, 0.15) is 11.4 Å². The molecule has 1 aromatic rings. The Kier molecular flexibility index (Phi) is 5.72. The minimum atomic E-state index is -0.624. The highest BCUT2D eigenvalue weighted by Gasteiger charge is 2.31. The van der Waals surface area contributed by atoms with Gasteiger partial charge in [-0.05, 0) is 57.6 Å². The number of halogens is 1. The molecule has 2 heterocycles. The lowest BCUT2D eigenvalue weighted by molar-refractivity contribution is -0.134. The molecular formula is C21H27FN2O4. The molecule has 0 bridgehead atoms. The highest BCUT2D eigenvalue weighted by Crippen LogP contribution is 2.33. The molecule has 2 saturated heterocycles. The van der Waals surface area contributed by atoms with Crippen molar-refractivity contribution in [1.29, 1.82) is 0 Å². The van der Waals surface area contributed by atoms with E-state index in [1.807, 2.05) is 26.8 Å². The normalized spacial score (nSPS) is 21.4. The number of benzene rings is 1. The number of nitrogens with zero attached hydrogens (tertiary/aromatic N) is 1. The number of hydrogen-bond donors (Lipinski definition) is 1. The molecule has 0 aromatic heterocycles. The van der Waals surface area contributed by atoms with Crippen LogP contribution in [-0.2, 0) is 14.3 Å². The van der Waals surface area contributed by atoms with Crippen LogP contribution in [0.1, 0.15) is 69.4 Å². The summed E-state index contributed by atoms with van der Waals surface area (Å²) >= 11 is 0. The molecule has 152 valence electrons. The molecule has 1 aromatic carbocycles. The van der Waals surface area contributed by atoms with Crippen LogP contribution in [0.15, 0.2) is 18.2 Å². The van der Waals surface area contributed by atoms with E-state index in [0.717, 1.165) is 18.4 Å². The summed E-state index contributed by atoms with van der Waals surface area (Å²) in [5.41, 5.74) is 0.681. The predicted molar refractivity (Wildman–Crippen MR) is 101 cm³/mol. The zero-order valence-electron chi connectivity index (χ0n) is 16.6. The molecule has 0 aliphatic carbocycles. The summed E-state index contributed by atoms with van der Waals surface area (Å²) in [5.74, 6) is -1.63. The van der Waals surface area contributed by atoms with Crippen LogP contribution in [0.5, 0.6) is 0 Å². The van der Waals surface area contributed by atoms with Crippen LogP contribution in [0.2, 0.25) is 0 Å². The molecule has 3 rings (SSSR count). The topological polar surface area (TPSA) is 75.7 Å². The Morgan fingerprint density at radius 1 is 1.18 bits per heavy atom. The quantitative estimate of drug-likeness (QED) is 0.785. The highest BCUT2D eigenvalue weighted by molar-refractivity contribution is 6.00. The Bertz CT molecular complexity index is 779. The number of amides is 3. The zero-order valence-corrected chi connectivity index (χ0v) is 16.6. The van der Waals surface area contributed by atoms with Crippen LogP contribution in [0.4, 0.5) is 9.18 Å². The van der Waals surface area contributed by atoms with Crippen molar-refractivity contribution >= 4 is 17.9 Å². The minimum Gasteiger partial charge on any atom is -0.444 e. The van der Waals surface area contributed by atoms with Crippen molar-refractivity contribution in [3.63, 3.8) is 0 Å². The van der Waals surface area contributed by atoms with Crippen molar-refractivity contribution in [2.75, 3.05) is 13.1 Å². The third-order valence-corrected chi connectivity index (χ3v) is 5.26. The van der Waals surface area contributed by atoms with Crippen LogP contribution >= 0.6 is 0 Å². The van der Waals surface area contributed by atoms with Crippen molar-refractivity contribution < 1.29 is 23.5 Å². The van der Waals surface area contributed by atoms with Gasteiger partial charge in [-0.3, -0.25) is 14.9 Å². The maximum Gasteiger partial charge on any atom is 0.410 e. The fourth-order valence-electron chi connectivity index (χ4n) is 3.79. The summed E-state index contributed by atoms with van der Waals surface area (Å²) in [6, 6.07) is 5.01. The number of rotatable bonds is 2. The number of piperidine rings is 2. The molecule has 0 saturated carbocycles. The minimum absolute atomic E-state index is 0.156. The van der Waals surface area contributed by atoms with Crippen molar-refractivity contribution in [2.45, 2.75) is 63.9 Å². The zero-order chi connectivity index (χ0) is 20.5. The fourth-order valence-corrected chi connectivity index (χ4v) is 3.79. The summed E-state index contributed by atoms with van der Waals surface area (Å²) in [4.78, 5) is 37.1. The summed E-state index contributed by atoms with van der Waals surface area (Å²) in [6.45, 7) is 6.64. The Hall–Kier alpha value is -2.44. The first-order chi connectivity index (χ1) is 13.1. The van der Waals surface area contributed by atoms with Gasteiger partial charge < -0.3 is 9.64 Å². The van der Waals surface area contributed by atoms with Crippen molar-refractivity contribution in [3.8, 4) is 0 Å². The number of nitrogens with one attached hydrogen (secondary N) is 1. The Morgan fingerprint density at radius 3 is 2.43 bits per heavy atom. The molecule has 0 radical (unpaired) electrons. The largest absolute Gasteiger partial charge is 0.444 e. The average molecular weight is 390 g/mol. The molecule has 2 fully saturated rings. The van der Waals surface area contributed by atoms with Crippen LogP contribution in [0, 0.1) is 5.82 Å².